The summed E-state index contributed by atoms with van der Waals surface area (Å²) in [5.74, 6) is -1.34. The van der Waals surface area contributed by atoms with Gasteiger partial charge in [0.2, 0.25) is 7.59 Å². The van der Waals surface area contributed by atoms with Crippen molar-refractivity contribution in [1.82, 2.24) is 5.32 Å². The van der Waals surface area contributed by atoms with E-state index < -0.39 is 110 Å². The molecular formula is C52H78Cl6NO15PSi. The van der Waals surface area contributed by atoms with E-state index in [0.29, 0.717) is 25.3 Å². The van der Waals surface area contributed by atoms with Gasteiger partial charge in [0.1, 0.15) is 49.1 Å². The smallest absolute Gasteiger partial charge is 0.462 e. The fourth-order valence-electron chi connectivity index (χ4n) is 7.50. The number of hydrogen-bond donors (Lipinski definition) is 1. The second kappa shape index (κ2) is 34.0. The van der Waals surface area contributed by atoms with Crippen molar-refractivity contribution in [3.05, 3.63) is 60.7 Å². The molecule has 6 atom stereocenters. The van der Waals surface area contributed by atoms with Crippen molar-refractivity contribution in [2.75, 3.05) is 19.8 Å². The van der Waals surface area contributed by atoms with Crippen molar-refractivity contribution in [2.45, 2.75) is 206 Å². The van der Waals surface area contributed by atoms with Gasteiger partial charge in [0.05, 0.1) is 6.42 Å². The minimum atomic E-state index is -5.00. The third kappa shape index (κ3) is 27.6. The number of carbonyl (C=O) groups is 4. The predicted octanol–water partition coefficient (Wildman–Crippen LogP) is 15.6. The minimum Gasteiger partial charge on any atom is -0.462 e. The Kier molecular flexibility index (Phi) is 30.4. The molecule has 3 rings (SSSR count). The number of ether oxygens (including phenoxy) is 7. The first-order valence-electron chi connectivity index (χ1n) is 26.1. The number of hydrogen-bond acceptors (Lipinski definition) is 15. The molecule has 76 heavy (non-hydrogen) atoms. The number of halogens is 6. The normalized spacial score (nSPS) is 18.7. The summed E-state index contributed by atoms with van der Waals surface area (Å²) in [4.78, 5) is 55.2. The van der Waals surface area contributed by atoms with E-state index in [4.69, 9.17) is 116 Å². The van der Waals surface area contributed by atoms with Gasteiger partial charge >= 0.3 is 32.0 Å². The van der Waals surface area contributed by atoms with Crippen molar-refractivity contribution < 1.29 is 70.5 Å². The van der Waals surface area contributed by atoms with Crippen LogP contribution in [0.4, 0.5) is 9.59 Å². The lowest BCUT2D eigenvalue weighted by atomic mass is 9.96. The molecule has 1 saturated heterocycles. The second-order valence-corrected chi connectivity index (χ2v) is 32.2. The molecule has 0 spiro atoms. The highest BCUT2D eigenvalue weighted by Gasteiger charge is 2.55. The molecule has 24 heteroatoms. The van der Waals surface area contributed by atoms with Gasteiger partial charge in [-0.2, -0.15) is 0 Å². The third-order valence-corrected chi connectivity index (χ3v) is 16.6. The van der Waals surface area contributed by atoms with Gasteiger partial charge in [-0.15, -0.1) is 0 Å². The van der Waals surface area contributed by atoms with E-state index in [9.17, 15) is 19.2 Å². The number of phosphoric acid groups is 1. The number of nitrogens with one attached hydrogen (secondary N) is 1. The van der Waals surface area contributed by atoms with E-state index in [1.807, 2.05) is 0 Å². The van der Waals surface area contributed by atoms with Crippen molar-refractivity contribution in [2.24, 2.45) is 0 Å². The molecule has 2 aromatic rings. The summed E-state index contributed by atoms with van der Waals surface area (Å²) in [6.45, 7) is 11.8. The van der Waals surface area contributed by atoms with Crippen LogP contribution in [0.15, 0.2) is 60.7 Å². The van der Waals surface area contributed by atoms with Crippen LogP contribution in [-0.2, 0) is 51.8 Å². The van der Waals surface area contributed by atoms with Crippen LogP contribution in [0.1, 0.15) is 130 Å². The number of para-hydroxylation sites is 2. The van der Waals surface area contributed by atoms with Crippen LogP contribution in [0.25, 0.3) is 0 Å². The zero-order valence-corrected chi connectivity index (χ0v) is 51.1. The zero-order chi connectivity index (χ0) is 56.4. The monoisotopic (exact) mass is 1230 g/mol. The third-order valence-electron chi connectivity index (χ3n) is 11.8. The van der Waals surface area contributed by atoms with Crippen LogP contribution in [0.2, 0.25) is 25.7 Å². The molecule has 0 radical (unpaired) electrons. The van der Waals surface area contributed by atoms with Gasteiger partial charge in [-0.1, -0.05) is 210 Å². The lowest BCUT2D eigenvalue weighted by molar-refractivity contribution is -0.269. The molecule has 16 nitrogen and oxygen atoms in total. The van der Waals surface area contributed by atoms with Gasteiger partial charge in [-0.05, 0) is 63.4 Å². The number of alkyl carbamates (subject to hydrolysis) is 1. The Labute approximate surface area is 480 Å². The first-order chi connectivity index (χ1) is 35.7. The number of phosphoric ester groups is 1. The van der Waals surface area contributed by atoms with E-state index in [0.717, 1.165) is 57.8 Å². The van der Waals surface area contributed by atoms with E-state index in [1.54, 1.807) is 36.4 Å². The Morgan fingerprint density at radius 3 is 1.79 bits per heavy atom. The Bertz CT molecular complexity index is 2020. The zero-order valence-electron chi connectivity index (χ0n) is 44.7. The number of esters is 2. The SMILES string of the molecule is CCCCCCCCCCC[C@H](CC(=O)O[C@H]1[C@H](OP(=O)(Oc2ccccc2)Oc2ccccc2)[C@@H](COC(=O)OC(C)(C)C(Cl)(Cl)Cl)OC(OCC[Si](C)(C)C)[C@@H]1NC(=O)OCC(Cl)(Cl)Cl)OC(=O)CCCCCC. The molecule has 1 aliphatic rings. The van der Waals surface area contributed by atoms with E-state index in [2.05, 4.69) is 38.8 Å². The Morgan fingerprint density at radius 1 is 0.724 bits per heavy atom. The molecule has 0 aliphatic carbocycles. The van der Waals surface area contributed by atoms with Gasteiger partial charge in [-0.25, -0.2) is 14.2 Å². The maximum absolute atomic E-state index is 15.3. The standard InChI is InChI=1S/C52H78Cl6NO15PSi/c1-8-10-12-14-15-16-17-18-21-31-40(68-42(60)32-26-13-11-9-2)35-43(61)70-46-44(59-48(62)67-37-51(53,54)55)47(65-33-34-76(5,6)7)69-41(36-66-49(63)71-50(3,4)52(56,57)58)45(46)74-75(64,72-38-27-22-19-23-28-38)73-39-29-24-20-25-30-39/h19-20,22-25,27-30,40-41,44-47H,8-18,21,26,31-37H2,1-7H3,(H,59,62)/t40-,41-,44-,45-,46-,47?/m1/s1. The molecule has 1 amide bonds. The van der Waals surface area contributed by atoms with Gasteiger partial charge in [0.15, 0.2) is 18.0 Å². The first kappa shape index (κ1) is 67.9. The van der Waals surface area contributed by atoms with Gasteiger partial charge in [-0.3, -0.25) is 14.1 Å². The average Bonchev–Trinajstić information content (AvgIpc) is 3.32. The summed E-state index contributed by atoms with van der Waals surface area (Å²) in [6, 6.07) is 14.8. The van der Waals surface area contributed by atoms with Gasteiger partial charge in [0.25, 0.3) is 0 Å². The lowest BCUT2D eigenvalue weighted by Gasteiger charge is -2.45. The van der Waals surface area contributed by atoms with Crippen LogP contribution in [0, 0.1) is 0 Å². The number of alkyl halides is 6. The summed E-state index contributed by atoms with van der Waals surface area (Å²) in [5.41, 5.74) is -1.73. The summed E-state index contributed by atoms with van der Waals surface area (Å²) in [6.07, 6.45) is 2.47. The minimum absolute atomic E-state index is 0.0331. The lowest BCUT2D eigenvalue weighted by Crippen LogP contribution is -2.66. The first-order valence-corrected chi connectivity index (χ1v) is 33.5. The molecule has 1 unspecified atom stereocenters. The van der Waals surface area contributed by atoms with Crippen LogP contribution >= 0.6 is 77.4 Å². The quantitative estimate of drug-likeness (QED) is 0.0174. The van der Waals surface area contributed by atoms with Gasteiger partial charge in [0, 0.05) is 21.1 Å². The highest BCUT2D eigenvalue weighted by molar-refractivity contribution is 7.49. The van der Waals surface area contributed by atoms with E-state index >= 15 is 4.57 Å². The number of carbonyl (C=O) groups excluding carboxylic acids is 4. The van der Waals surface area contributed by atoms with Crippen LogP contribution in [0.3, 0.4) is 0 Å². The fraction of sp³-hybridized carbons (Fsp3) is 0.692. The second-order valence-electron chi connectivity index (χ2n) is 20.3. The molecule has 1 aliphatic heterocycles. The largest absolute Gasteiger partial charge is 0.588 e. The molecule has 0 bridgehead atoms. The molecule has 1 N–H and O–H groups in total. The number of unbranched alkanes of at least 4 members (excludes halogenated alkanes) is 11. The summed E-state index contributed by atoms with van der Waals surface area (Å²) in [5, 5.41) is 2.62. The highest BCUT2D eigenvalue weighted by Crippen LogP contribution is 2.53. The van der Waals surface area contributed by atoms with Crippen LogP contribution in [0.5, 0.6) is 11.5 Å². The Hall–Kier alpha value is -2.41. The maximum atomic E-state index is 15.3. The maximum Gasteiger partial charge on any atom is 0.588 e. The molecular weight excluding hydrogens is 1150 g/mol. The Morgan fingerprint density at radius 2 is 1.26 bits per heavy atom. The fourth-order valence-corrected chi connectivity index (χ4v) is 9.94. The molecule has 0 aromatic heterocycles. The number of benzene rings is 2. The summed E-state index contributed by atoms with van der Waals surface area (Å²) < 4.78 is 71.1. The van der Waals surface area contributed by atoms with Crippen molar-refractivity contribution in [3.63, 3.8) is 0 Å². The predicted molar refractivity (Wildman–Crippen MR) is 300 cm³/mol. The van der Waals surface area contributed by atoms with Crippen molar-refractivity contribution in [1.29, 1.82) is 0 Å². The topological polar surface area (TPSA) is 190 Å². The molecule has 1 fully saturated rings. The molecule has 2 aromatic carbocycles. The summed E-state index contributed by atoms with van der Waals surface area (Å²) >= 11 is 36.3. The molecule has 432 valence electrons. The van der Waals surface area contributed by atoms with Crippen molar-refractivity contribution >= 4 is 110 Å². The van der Waals surface area contributed by atoms with E-state index in [-0.39, 0.29) is 24.5 Å². The Balaban J connectivity index is 2.20. The number of amides is 1. The van der Waals surface area contributed by atoms with Crippen LogP contribution in [-0.4, -0.2) is 102 Å². The van der Waals surface area contributed by atoms with Crippen LogP contribution < -0.4 is 14.4 Å². The summed E-state index contributed by atoms with van der Waals surface area (Å²) in [7, 11) is -6.83. The molecule has 0 saturated carbocycles. The van der Waals surface area contributed by atoms with Gasteiger partial charge < -0.3 is 47.5 Å². The highest BCUT2D eigenvalue weighted by atomic mass is 35.6. The average molecular weight is 1230 g/mol. The van der Waals surface area contributed by atoms with E-state index in [1.165, 1.54) is 51.0 Å². The van der Waals surface area contributed by atoms with Crippen molar-refractivity contribution in [3.8, 4) is 11.5 Å². The number of rotatable bonds is 34. The molecule has 1 heterocycles.